The minimum atomic E-state index is -3.08. The zero-order valence-electron chi connectivity index (χ0n) is 8.89. The number of aryl methyl sites for hydroxylation is 1. The molecule has 0 N–H and O–H groups in total. The first-order valence-corrected chi connectivity index (χ1v) is 4.73. The number of ketones is 1. The molecule has 88 valence electrons. The van der Waals surface area contributed by atoms with Crippen molar-refractivity contribution in [3.8, 4) is 5.75 Å². The lowest BCUT2D eigenvalue weighted by molar-refractivity contribution is -0.0503. The molecule has 1 aromatic rings. The van der Waals surface area contributed by atoms with Crippen LogP contribution in [-0.2, 0) is 6.42 Å². The maximum Gasteiger partial charge on any atom is 0.387 e. The summed E-state index contributed by atoms with van der Waals surface area (Å²) in [6.45, 7) is -0.235. The molecule has 0 unspecified atom stereocenters. The second-order valence-corrected chi connectivity index (χ2v) is 3.24. The molecular formula is C11H11F3O2. The molecule has 0 atom stereocenters. The van der Waals surface area contributed by atoms with Crippen molar-refractivity contribution in [1.29, 1.82) is 0 Å². The predicted molar refractivity (Wildman–Crippen MR) is 52.4 cm³/mol. The fourth-order valence-corrected chi connectivity index (χ4v) is 1.37. The molecule has 0 spiro atoms. The number of carbonyl (C=O) groups excluding carboxylic acids is 1. The van der Waals surface area contributed by atoms with Gasteiger partial charge in [-0.15, -0.1) is 0 Å². The molecule has 0 bridgehead atoms. The first-order chi connectivity index (χ1) is 7.45. The number of ether oxygens (including phenoxy) is 1. The van der Waals surface area contributed by atoms with Crippen LogP contribution in [0.1, 0.15) is 29.8 Å². The quantitative estimate of drug-likeness (QED) is 0.745. The largest absolute Gasteiger partial charge is 0.434 e. The van der Waals surface area contributed by atoms with E-state index >= 15 is 0 Å². The van der Waals surface area contributed by atoms with Crippen LogP contribution in [0.4, 0.5) is 13.2 Å². The standard InChI is InChI=1S/C11H11F3O2/c1-3-7-4-8(12)10(6(2)15)9(5-7)16-11(13)14/h4-5,11H,3H2,1-2H3. The van der Waals surface area contributed by atoms with Gasteiger partial charge in [0.15, 0.2) is 5.78 Å². The van der Waals surface area contributed by atoms with Crippen LogP contribution in [0.2, 0.25) is 0 Å². The average Bonchev–Trinajstić information content (AvgIpc) is 2.14. The van der Waals surface area contributed by atoms with Gasteiger partial charge in [0.05, 0.1) is 5.56 Å². The third-order valence-corrected chi connectivity index (χ3v) is 2.09. The van der Waals surface area contributed by atoms with Gasteiger partial charge in [0.25, 0.3) is 0 Å². The highest BCUT2D eigenvalue weighted by Gasteiger charge is 2.18. The van der Waals surface area contributed by atoms with Crippen LogP contribution in [0, 0.1) is 5.82 Å². The lowest BCUT2D eigenvalue weighted by Crippen LogP contribution is -2.09. The Labute approximate surface area is 91.0 Å². The Balaban J connectivity index is 3.28. The van der Waals surface area contributed by atoms with Gasteiger partial charge in [-0.2, -0.15) is 8.78 Å². The van der Waals surface area contributed by atoms with Gasteiger partial charge in [0, 0.05) is 0 Å². The van der Waals surface area contributed by atoms with Crippen LogP contribution in [0.3, 0.4) is 0 Å². The van der Waals surface area contributed by atoms with Crippen LogP contribution < -0.4 is 4.74 Å². The maximum atomic E-state index is 13.5. The molecule has 5 heteroatoms. The van der Waals surface area contributed by atoms with Crippen molar-refractivity contribution in [2.45, 2.75) is 26.9 Å². The Morgan fingerprint density at radius 3 is 2.50 bits per heavy atom. The molecule has 16 heavy (non-hydrogen) atoms. The fraction of sp³-hybridized carbons (Fsp3) is 0.364. The van der Waals surface area contributed by atoms with E-state index in [1.807, 2.05) is 0 Å². The van der Waals surface area contributed by atoms with E-state index in [1.165, 1.54) is 6.07 Å². The minimum absolute atomic E-state index is 0.403. The van der Waals surface area contributed by atoms with Crippen LogP contribution in [0.15, 0.2) is 12.1 Å². The number of hydrogen-bond donors (Lipinski definition) is 0. The highest BCUT2D eigenvalue weighted by Crippen LogP contribution is 2.26. The van der Waals surface area contributed by atoms with E-state index in [4.69, 9.17) is 0 Å². The smallest absolute Gasteiger partial charge is 0.387 e. The number of Topliss-reactive ketones (excluding diaryl/α,β-unsaturated/α-hetero) is 1. The van der Waals surface area contributed by atoms with Crippen molar-refractivity contribution in [3.05, 3.63) is 29.1 Å². The monoisotopic (exact) mass is 232 g/mol. The second kappa shape index (κ2) is 5.01. The van der Waals surface area contributed by atoms with Crippen molar-refractivity contribution < 1.29 is 22.7 Å². The molecule has 1 aromatic carbocycles. The van der Waals surface area contributed by atoms with E-state index in [2.05, 4.69) is 4.74 Å². The third kappa shape index (κ3) is 2.74. The summed E-state index contributed by atoms with van der Waals surface area (Å²) in [6, 6.07) is 2.40. The maximum absolute atomic E-state index is 13.5. The first kappa shape index (κ1) is 12.5. The number of rotatable bonds is 4. The van der Waals surface area contributed by atoms with Crippen molar-refractivity contribution in [3.63, 3.8) is 0 Å². The Kier molecular flexibility index (Phi) is 3.93. The number of carbonyl (C=O) groups is 1. The van der Waals surface area contributed by atoms with Gasteiger partial charge in [0.2, 0.25) is 0 Å². The number of hydrogen-bond acceptors (Lipinski definition) is 2. The van der Waals surface area contributed by atoms with Gasteiger partial charge in [-0.05, 0) is 31.0 Å². The molecule has 0 amide bonds. The van der Waals surface area contributed by atoms with Crippen LogP contribution >= 0.6 is 0 Å². The second-order valence-electron chi connectivity index (χ2n) is 3.24. The lowest BCUT2D eigenvalue weighted by atomic mass is 10.1. The van der Waals surface area contributed by atoms with Crippen molar-refractivity contribution >= 4 is 5.78 Å². The predicted octanol–water partition coefficient (Wildman–Crippen LogP) is 3.19. The van der Waals surface area contributed by atoms with Gasteiger partial charge in [-0.25, -0.2) is 4.39 Å². The summed E-state index contributed by atoms with van der Waals surface area (Å²) >= 11 is 0. The summed E-state index contributed by atoms with van der Waals surface area (Å²) < 4.78 is 41.7. The van der Waals surface area contributed by atoms with Gasteiger partial charge in [-0.1, -0.05) is 6.92 Å². The lowest BCUT2D eigenvalue weighted by Gasteiger charge is -2.11. The Hall–Kier alpha value is -1.52. The number of benzene rings is 1. The first-order valence-electron chi connectivity index (χ1n) is 4.73. The van der Waals surface area contributed by atoms with E-state index in [-0.39, 0.29) is 0 Å². The van der Waals surface area contributed by atoms with Gasteiger partial charge < -0.3 is 4.74 Å². The van der Waals surface area contributed by atoms with Crippen molar-refractivity contribution in [1.82, 2.24) is 0 Å². The molecule has 0 aliphatic heterocycles. The average molecular weight is 232 g/mol. The Bertz CT molecular complexity index is 402. The Morgan fingerprint density at radius 1 is 1.44 bits per heavy atom. The number of halogens is 3. The normalized spacial score (nSPS) is 10.6. The molecule has 0 saturated carbocycles. The summed E-state index contributed by atoms with van der Waals surface area (Å²) in [6.07, 6.45) is 0.467. The highest BCUT2D eigenvalue weighted by atomic mass is 19.3. The third-order valence-electron chi connectivity index (χ3n) is 2.09. The van der Waals surface area contributed by atoms with Crippen LogP contribution in [0.25, 0.3) is 0 Å². The molecule has 0 heterocycles. The van der Waals surface area contributed by atoms with E-state index < -0.39 is 29.5 Å². The molecule has 2 nitrogen and oxygen atoms in total. The van der Waals surface area contributed by atoms with Gasteiger partial charge >= 0.3 is 6.61 Å². The SMILES string of the molecule is CCc1cc(F)c(C(C)=O)c(OC(F)F)c1. The molecule has 0 aliphatic carbocycles. The minimum Gasteiger partial charge on any atom is -0.434 e. The summed E-state index contributed by atoms with van der Waals surface area (Å²) in [4.78, 5) is 11.1. The summed E-state index contributed by atoms with van der Waals surface area (Å²) in [5, 5.41) is 0. The summed E-state index contributed by atoms with van der Waals surface area (Å²) in [7, 11) is 0. The van der Waals surface area contributed by atoms with Crippen molar-refractivity contribution in [2.75, 3.05) is 0 Å². The van der Waals surface area contributed by atoms with Crippen LogP contribution in [-0.4, -0.2) is 12.4 Å². The van der Waals surface area contributed by atoms with Crippen LogP contribution in [0.5, 0.6) is 5.75 Å². The Morgan fingerprint density at radius 2 is 2.06 bits per heavy atom. The molecule has 1 rings (SSSR count). The molecule has 0 radical (unpaired) electrons. The topological polar surface area (TPSA) is 26.3 Å². The number of alkyl halides is 2. The van der Waals surface area contributed by atoms with E-state index in [0.717, 1.165) is 13.0 Å². The molecule has 0 fully saturated rings. The zero-order chi connectivity index (χ0) is 12.3. The molecular weight excluding hydrogens is 221 g/mol. The molecule has 0 aromatic heterocycles. The van der Waals surface area contributed by atoms with E-state index in [9.17, 15) is 18.0 Å². The zero-order valence-corrected chi connectivity index (χ0v) is 8.89. The van der Waals surface area contributed by atoms with E-state index in [1.54, 1.807) is 6.92 Å². The fourth-order valence-electron chi connectivity index (χ4n) is 1.37. The van der Waals surface area contributed by atoms with Crippen molar-refractivity contribution in [2.24, 2.45) is 0 Å². The van der Waals surface area contributed by atoms with Gasteiger partial charge in [0.1, 0.15) is 11.6 Å². The highest BCUT2D eigenvalue weighted by molar-refractivity contribution is 5.97. The molecule has 0 saturated heterocycles. The van der Waals surface area contributed by atoms with Gasteiger partial charge in [-0.3, -0.25) is 4.79 Å². The van der Waals surface area contributed by atoms with E-state index in [0.29, 0.717) is 12.0 Å². The summed E-state index contributed by atoms with van der Waals surface area (Å²) in [5.41, 5.74) is 0.0654. The summed E-state index contributed by atoms with van der Waals surface area (Å²) in [5.74, 6) is -1.88. The molecule has 0 aliphatic rings.